The van der Waals surface area contributed by atoms with Crippen LogP contribution < -0.4 is 5.73 Å². The molecule has 0 saturated carbocycles. The topological polar surface area (TPSA) is 77.2 Å². The minimum atomic E-state index is -3.27. The van der Waals surface area contributed by atoms with E-state index in [9.17, 15) is 12.6 Å². The van der Waals surface area contributed by atoms with E-state index in [4.69, 9.17) is 5.73 Å². The van der Waals surface area contributed by atoms with E-state index < -0.39 is 25.4 Å². The molecule has 0 aromatic heterocycles. The highest BCUT2D eigenvalue weighted by molar-refractivity contribution is 9.10. The molecule has 0 radical (unpaired) electrons. The van der Waals surface area contributed by atoms with Gasteiger partial charge in [0, 0.05) is 15.9 Å². The third-order valence-corrected chi connectivity index (χ3v) is 7.47. The van der Waals surface area contributed by atoms with Crippen molar-refractivity contribution < 1.29 is 12.6 Å². The number of nitrogen functional groups attached to an aromatic ring is 1. The van der Waals surface area contributed by atoms with Gasteiger partial charge in [0.2, 0.25) is 0 Å². The largest absolute Gasteiger partial charge is 0.398 e. The molecule has 0 aliphatic rings. The Labute approximate surface area is 125 Å². The molecule has 2 N–H and O–H groups in total. The van der Waals surface area contributed by atoms with Crippen LogP contribution in [0.1, 0.15) is 20.8 Å². The number of hydrogen-bond donors (Lipinski definition) is 1. The zero-order chi connectivity index (χ0) is 14.8. The average molecular weight is 368 g/mol. The van der Waals surface area contributed by atoms with Crippen LogP contribution in [0.5, 0.6) is 0 Å². The monoisotopic (exact) mass is 367 g/mol. The Morgan fingerprint density at radius 1 is 1.32 bits per heavy atom. The first-order valence-corrected chi connectivity index (χ1v) is 9.47. The van der Waals surface area contributed by atoms with Crippen molar-refractivity contribution in [2.45, 2.75) is 30.4 Å². The Balaban J connectivity index is 2.85. The molecule has 0 fully saturated rings. The molecule has 7 heteroatoms. The van der Waals surface area contributed by atoms with Gasteiger partial charge in [-0.2, -0.15) is 0 Å². The summed E-state index contributed by atoms with van der Waals surface area (Å²) in [6.45, 7) is 4.91. The zero-order valence-electron chi connectivity index (χ0n) is 11.1. The third-order valence-electron chi connectivity index (χ3n) is 2.69. The predicted molar refractivity (Wildman–Crippen MR) is 83.4 cm³/mol. The molecule has 19 heavy (non-hydrogen) atoms. The van der Waals surface area contributed by atoms with Crippen LogP contribution in [0.15, 0.2) is 27.6 Å². The molecule has 0 aliphatic heterocycles. The van der Waals surface area contributed by atoms with Crippen molar-refractivity contribution in [2.75, 3.05) is 17.2 Å². The second-order valence-corrected chi connectivity index (χ2v) is 10.5. The molecule has 4 nitrogen and oxygen atoms in total. The van der Waals surface area contributed by atoms with Crippen LogP contribution in [-0.2, 0) is 20.6 Å². The second-order valence-electron chi connectivity index (χ2n) is 5.16. The van der Waals surface area contributed by atoms with Crippen molar-refractivity contribution in [2.24, 2.45) is 0 Å². The third kappa shape index (κ3) is 4.29. The molecule has 1 unspecified atom stereocenters. The molecular formula is C12H18BrNO3S2. The quantitative estimate of drug-likeness (QED) is 0.828. The van der Waals surface area contributed by atoms with Crippen molar-refractivity contribution in [1.29, 1.82) is 0 Å². The maximum Gasteiger partial charge on any atom is 0.156 e. The lowest BCUT2D eigenvalue weighted by molar-refractivity contribution is 0.561. The Bertz CT molecular complexity index is 591. The lowest BCUT2D eigenvalue weighted by Gasteiger charge is -2.18. The summed E-state index contributed by atoms with van der Waals surface area (Å²) in [4.78, 5) is 0.471. The first-order valence-electron chi connectivity index (χ1n) is 5.70. The first-order chi connectivity index (χ1) is 8.54. The van der Waals surface area contributed by atoms with Crippen LogP contribution in [0, 0.1) is 0 Å². The van der Waals surface area contributed by atoms with E-state index in [1.54, 1.807) is 39.0 Å². The summed E-state index contributed by atoms with van der Waals surface area (Å²) in [7, 11) is -4.69. The van der Waals surface area contributed by atoms with Crippen molar-refractivity contribution in [1.82, 2.24) is 0 Å². The fourth-order valence-corrected chi connectivity index (χ4v) is 4.72. The van der Waals surface area contributed by atoms with E-state index in [1.165, 1.54) is 0 Å². The van der Waals surface area contributed by atoms with Crippen molar-refractivity contribution in [3.05, 3.63) is 22.7 Å². The molecule has 1 aromatic rings. The number of benzene rings is 1. The van der Waals surface area contributed by atoms with E-state index in [-0.39, 0.29) is 11.5 Å². The van der Waals surface area contributed by atoms with Gasteiger partial charge in [-0.1, -0.05) is 15.9 Å². The van der Waals surface area contributed by atoms with Gasteiger partial charge in [0.25, 0.3) is 0 Å². The summed E-state index contributed by atoms with van der Waals surface area (Å²) in [5, 5.41) is 0. The standard InChI is InChI=1S/C12H18BrNO3S2/c1-12(2,3)19(16,17)7-6-18(15)11-8-9(13)4-5-10(11)14/h4-5,8H,6-7,14H2,1-3H3. The van der Waals surface area contributed by atoms with E-state index in [1.807, 2.05) is 0 Å². The molecular weight excluding hydrogens is 350 g/mol. The van der Waals surface area contributed by atoms with Crippen molar-refractivity contribution >= 4 is 42.3 Å². The van der Waals surface area contributed by atoms with E-state index in [0.717, 1.165) is 4.47 Å². The van der Waals surface area contributed by atoms with Gasteiger partial charge >= 0.3 is 0 Å². The highest BCUT2D eigenvalue weighted by Crippen LogP contribution is 2.23. The van der Waals surface area contributed by atoms with Crippen molar-refractivity contribution in [3.8, 4) is 0 Å². The number of nitrogens with two attached hydrogens (primary N) is 1. The Hall–Kier alpha value is -0.400. The number of halogens is 1. The van der Waals surface area contributed by atoms with Gasteiger partial charge in [0.05, 0.1) is 26.2 Å². The Morgan fingerprint density at radius 3 is 2.42 bits per heavy atom. The summed E-state index contributed by atoms with van der Waals surface area (Å²) in [5.74, 6) is -0.0602. The van der Waals surface area contributed by atoms with Crippen LogP contribution in [0.3, 0.4) is 0 Å². The van der Waals surface area contributed by atoms with Gasteiger partial charge in [0.1, 0.15) is 0 Å². The maximum atomic E-state index is 12.1. The molecule has 0 bridgehead atoms. The van der Waals surface area contributed by atoms with E-state index in [2.05, 4.69) is 15.9 Å². The highest BCUT2D eigenvalue weighted by Gasteiger charge is 2.29. The van der Waals surface area contributed by atoms with Crippen LogP contribution in [0.4, 0.5) is 5.69 Å². The summed E-state index contributed by atoms with van der Waals surface area (Å²) in [6.07, 6.45) is 0. The Kier molecular flexibility index (Phi) is 5.20. The van der Waals surface area contributed by atoms with E-state index >= 15 is 0 Å². The minimum absolute atomic E-state index is 0.0558. The fraction of sp³-hybridized carbons (Fsp3) is 0.500. The normalized spacial score (nSPS) is 14.3. The fourth-order valence-electron chi connectivity index (χ4n) is 1.31. The summed E-state index contributed by atoms with van der Waals surface area (Å²) >= 11 is 3.28. The van der Waals surface area contributed by atoms with Crippen LogP contribution >= 0.6 is 15.9 Å². The lowest BCUT2D eigenvalue weighted by Crippen LogP contribution is -2.32. The zero-order valence-corrected chi connectivity index (χ0v) is 14.4. The minimum Gasteiger partial charge on any atom is -0.398 e. The summed E-state index contributed by atoms with van der Waals surface area (Å²) in [5.41, 5.74) is 6.16. The number of anilines is 1. The number of hydrogen-bond acceptors (Lipinski definition) is 4. The SMILES string of the molecule is CC(C)(C)S(=O)(=O)CCS(=O)c1cc(Br)ccc1N. The summed E-state index contributed by atoms with van der Waals surface area (Å²) in [6, 6.07) is 5.06. The molecule has 1 rings (SSSR count). The average Bonchev–Trinajstić information content (AvgIpc) is 2.28. The molecule has 0 heterocycles. The number of sulfone groups is 1. The first kappa shape index (κ1) is 16.7. The lowest BCUT2D eigenvalue weighted by atomic mass is 10.3. The molecule has 108 valence electrons. The van der Waals surface area contributed by atoms with Crippen LogP contribution in [0.25, 0.3) is 0 Å². The van der Waals surface area contributed by atoms with Crippen LogP contribution in [0.2, 0.25) is 0 Å². The van der Waals surface area contributed by atoms with Gasteiger partial charge in [-0.3, -0.25) is 4.21 Å². The highest BCUT2D eigenvalue weighted by atomic mass is 79.9. The molecule has 0 amide bonds. The van der Waals surface area contributed by atoms with Crippen molar-refractivity contribution in [3.63, 3.8) is 0 Å². The Morgan fingerprint density at radius 2 is 1.89 bits per heavy atom. The molecule has 0 aliphatic carbocycles. The maximum absolute atomic E-state index is 12.1. The van der Waals surface area contributed by atoms with Gasteiger partial charge in [-0.25, -0.2) is 8.42 Å². The molecule has 0 saturated heterocycles. The molecule has 1 aromatic carbocycles. The molecule has 0 spiro atoms. The van der Waals surface area contributed by atoms with Gasteiger partial charge in [0.15, 0.2) is 9.84 Å². The van der Waals surface area contributed by atoms with E-state index in [0.29, 0.717) is 10.6 Å². The van der Waals surface area contributed by atoms with Gasteiger partial charge in [-0.15, -0.1) is 0 Å². The van der Waals surface area contributed by atoms with Crippen LogP contribution in [-0.4, -0.2) is 28.9 Å². The predicted octanol–water partition coefficient (Wildman–Crippen LogP) is 2.35. The summed E-state index contributed by atoms with van der Waals surface area (Å²) < 4.78 is 36.0. The number of rotatable bonds is 4. The smallest absolute Gasteiger partial charge is 0.156 e. The second kappa shape index (κ2) is 5.93. The van der Waals surface area contributed by atoms with Gasteiger partial charge < -0.3 is 5.73 Å². The van der Waals surface area contributed by atoms with Gasteiger partial charge in [-0.05, 0) is 39.0 Å². The molecule has 1 atom stereocenters.